The quantitative estimate of drug-likeness (QED) is 0.752. The number of aryl methyl sites for hydroxylation is 1. The fourth-order valence-electron chi connectivity index (χ4n) is 1.18. The van der Waals surface area contributed by atoms with Gasteiger partial charge in [-0.1, -0.05) is 11.3 Å². The Labute approximate surface area is 103 Å². The number of nitrogens with one attached hydrogen (secondary N) is 1. The smallest absolute Gasteiger partial charge is 0.347 e. The van der Waals surface area contributed by atoms with Crippen molar-refractivity contribution in [2.24, 2.45) is 0 Å². The van der Waals surface area contributed by atoms with Crippen molar-refractivity contribution in [1.29, 1.82) is 0 Å². The van der Waals surface area contributed by atoms with E-state index < -0.39 is 5.97 Å². The molecule has 17 heavy (non-hydrogen) atoms. The molecule has 0 radical (unpaired) electrons. The number of hydrogen-bond acceptors (Lipinski definition) is 6. The number of esters is 1. The molecule has 0 atom stereocenters. The molecule has 0 aromatic carbocycles. The number of rotatable bonds is 6. The second-order valence-corrected chi connectivity index (χ2v) is 4.22. The summed E-state index contributed by atoms with van der Waals surface area (Å²) in [6.07, 6.45) is 0.231. The fraction of sp³-hybridized carbons (Fsp3) is 0.500. The molecule has 6 nitrogen and oxygen atoms in total. The van der Waals surface area contributed by atoms with Crippen LogP contribution in [0, 0.1) is 6.92 Å². The molecule has 0 aliphatic rings. The average Bonchev–Trinajstić information content (AvgIpc) is 2.60. The number of thiazole rings is 1. The lowest BCUT2D eigenvalue weighted by Crippen LogP contribution is -2.11. The van der Waals surface area contributed by atoms with E-state index in [2.05, 4.69) is 10.3 Å². The second-order valence-electron chi connectivity index (χ2n) is 3.22. The molecule has 1 aromatic rings. The Kier molecular flexibility index (Phi) is 4.89. The predicted molar refractivity (Wildman–Crippen MR) is 63.6 cm³/mol. The molecule has 0 saturated heterocycles. The number of aromatic nitrogens is 1. The molecule has 0 bridgehead atoms. The normalized spacial score (nSPS) is 10.0. The van der Waals surface area contributed by atoms with Gasteiger partial charge in [-0.3, -0.25) is 4.79 Å². The average molecular weight is 258 g/mol. The Bertz CT molecular complexity index is 416. The summed E-state index contributed by atoms with van der Waals surface area (Å²) in [5, 5.41) is 12.2. The van der Waals surface area contributed by atoms with Crippen molar-refractivity contribution < 1.29 is 19.4 Å². The van der Waals surface area contributed by atoms with Gasteiger partial charge < -0.3 is 15.2 Å². The van der Waals surface area contributed by atoms with E-state index >= 15 is 0 Å². The molecule has 94 valence electrons. The Morgan fingerprint density at radius 3 is 2.76 bits per heavy atom. The van der Waals surface area contributed by atoms with Gasteiger partial charge in [0.1, 0.15) is 4.88 Å². The van der Waals surface area contributed by atoms with E-state index in [1.807, 2.05) is 0 Å². The van der Waals surface area contributed by atoms with Gasteiger partial charge in [0, 0.05) is 6.54 Å². The Morgan fingerprint density at radius 1 is 1.53 bits per heavy atom. The van der Waals surface area contributed by atoms with Gasteiger partial charge >= 0.3 is 11.9 Å². The lowest BCUT2D eigenvalue weighted by molar-refractivity contribution is -0.142. The lowest BCUT2D eigenvalue weighted by atomic mass is 10.4. The van der Waals surface area contributed by atoms with E-state index in [1.54, 1.807) is 13.8 Å². The summed E-state index contributed by atoms with van der Waals surface area (Å²) in [5.41, 5.74) is 0.473. The highest BCUT2D eigenvalue weighted by atomic mass is 32.1. The summed E-state index contributed by atoms with van der Waals surface area (Å²) >= 11 is 1.06. The second kappa shape index (κ2) is 6.19. The third-order valence-corrected chi connectivity index (χ3v) is 3.00. The molecule has 0 aliphatic carbocycles. The standard InChI is InChI=1S/C10H14N2O4S/c1-3-16-7(13)4-5-11-10-12-6(2)8(17-10)9(14)15/h3-5H2,1-2H3,(H,11,12)(H,14,15). The van der Waals surface area contributed by atoms with Crippen molar-refractivity contribution >= 4 is 28.4 Å². The highest BCUT2D eigenvalue weighted by molar-refractivity contribution is 7.17. The summed E-state index contributed by atoms with van der Waals surface area (Å²) in [5.74, 6) is -1.27. The molecule has 2 N–H and O–H groups in total. The molecule has 7 heteroatoms. The largest absolute Gasteiger partial charge is 0.477 e. The van der Waals surface area contributed by atoms with Gasteiger partial charge in [-0.15, -0.1) is 0 Å². The first-order valence-corrected chi connectivity index (χ1v) is 5.96. The van der Waals surface area contributed by atoms with Crippen molar-refractivity contribution in [3.63, 3.8) is 0 Å². The number of hydrogen-bond donors (Lipinski definition) is 2. The molecule has 1 rings (SSSR count). The lowest BCUT2D eigenvalue weighted by Gasteiger charge is -2.02. The maximum atomic E-state index is 11.0. The van der Waals surface area contributed by atoms with Crippen LogP contribution in [0.1, 0.15) is 28.7 Å². The van der Waals surface area contributed by atoms with Crippen LogP contribution in [-0.2, 0) is 9.53 Å². The molecule has 1 aromatic heterocycles. The van der Waals surface area contributed by atoms with Gasteiger partial charge in [-0.2, -0.15) is 0 Å². The monoisotopic (exact) mass is 258 g/mol. The van der Waals surface area contributed by atoms with Crippen LogP contribution in [-0.4, -0.2) is 35.2 Å². The SMILES string of the molecule is CCOC(=O)CCNc1nc(C)c(C(=O)O)s1. The molecule has 1 heterocycles. The molecule has 0 spiro atoms. The van der Waals surface area contributed by atoms with Gasteiger partial charge in [0.2, 0.25) is 0 Å². The first kappa shape index (κ1) is 13.4. The van der Waals surface area contributed by atoms with Gasteiger partial charge in [0.05, 0.1) is 18.7 Å². The molecular weight excluding hydrogens is 244 g/mol. The van der Waals surface area contributed by atoms with Crippen LogP contribution in [0.5, 0.6) is 0 Å². The molecular formula is C10H14N2O4S. The van der Waals surface area contributed by atoms with Crippen molar-refractivity contribution in [2.75, 3.05) is 18.5 Å². The highest BCUT2D eigenvalue weighted by Crippen LogP contribution is 2.22. The maximum absolute atomic E-state index is 11.0. The summed E-state index contributed by atoms with van der Waals surface area (Å²) in [4.78, 5) is 26.1. The molecule has 0 amide bonds. The van der Waals surface area contributed by atoms with Gasteiger partial charge in [0.15, 0.2) is 5.13 Å². The number of carboxylic acids is 1. The predicted octanol–water partition coefficient (Wildman–Crippen LogP) is 1.51. The molecule has 0 aliphatic heterocycles. The number of carbonyl (C=O) groups excluding carboxylic acids is 1. The first-order valence-electron chi connectivity index (χ1n) is 5.14. The van der Waals surface area contributed by atoms with E-state index in [9.17, 15) is 9.59 Å². The summed E-state index contributed by atoms with van der Waals surface area (Å²) in [6, 6.07) is 0. The van der Waals surface area contributed by atoms with Crippen LogP contribution in [0.2, 0.25) is 0 Å². The highest BCUT2D eigenvalue weighted by Gasteiger charge is 2.13. The Morgan fingerprint density at radius 2 is 2.24 bits per heavy atom. The van der Waals surface area contributed by atoms with Gasteiger partial charge in [0.25, 0.3) is 0 Å². The molecule has 0 unspecified atom stereocenters. The van der Waals surface area contributed by atoms with Crippen LogP contribution in [0.15, 0.2) is 0 Å². The minimum Gasteiger partial charge on any atom is -0.477 e. The van der Waals surface area contributed by atoms with Crippen LogP contribution < -0.4 is 5.32 Å². The number of carbonyl (C=O) groups is 2. The van der Waals surface area contributed by atoms with Gasteiger partial charge in [-0.05, 0) is 13.8 Å². The Hall–Kier alpha value is -1.63. The fourth-order valence-corrected chi connectivity index (χ4v) is 2.01. The number of carboxylic acid groups (broad SMARTS) is 1. The minimum absolute atomic E-state index is 0.212. The van der Waals surface area contributed by atoms with Crippen molar-refractivity contribution in [1.82, 2.24) is 4.98 Å². The molecule has 0 saturated carbocycles. The van der Waals surface area contributed by atoms with Crippen LogP contribution in [0.4, 0.5) is 5.13 Å². The van der Waals surface area contributed by atoms with Crippen molar-refractivity contribution in [3.8, 4) is 0 Å². The minimum atomic E-state index is -0.988. The van der Waals surface area contributed by atoms with E-state index in [-0.39, 0.29) is 17.3 Å². The van der Waals surface area contributed by atoms with Crippen molar-refractivity contribution in [3.05, 3.63) is 10.6 Å². The van der Waals surface area contributed by atoms with E-state index in [0.29, 0.717) is 24.0 Å². The summed E-state index contributed by atoms with van der Waals surface area (Å²) < 4.78 is 4.76. The summed E-state index contributed by atoms with van der Waals surface area (Å²) in [7, 11) is 0. The zero-order chi connectivity index (χ0) is 12.8. The summed E-state index contributed by atoms with van der Waals surface area (Å²) in [6.45, 7) is 4.12. The van der Waals surface area contributed by atoms with Crippen LogP contribution in [0.25, 0.3) is 0 Å². The van der Waals surface area contributed by atoms with E-state index in [4.69, 9.17) is 9.84 Å². The third kappa shape index (κ3) is 4.03. The van der Waals surface area contributed by atoms with Crippen LogP contribution in [0.3, 0.4) is 0 Å². The maximum Gasteiger partial charge on any atom is 0.347 e. The number of nitrogens with zero attached hydrogens (tertiary/aromatic N) is 1. The zero-order valence-electron chi connectivity index (χ0n) is 9.65. The number of ether oxygens (including phenoxy) is 1. The Balaban J connectivity index is 2.45. The van der Waals surface area contributed by atoms with Gasteiger partial charge in [-0.25, -0.2) is 9.78 Å². The topological polar surface area (TPSA) is 88.5 Å². The number of anilines is 1. The number of aromatic carboxylic acids is 1. The third-order valence-electron chi connectivity index (χ3n) is 1.90. The van der Waals surface area contributed by atoms with E-state index in [1.165, 1.54) is 0 Å². The molecule has 0 fully saturated rings. The zero-order valence-corrected chi connectivity index (χ0v) is 10.5. The van der Waals surface area contributed by atoms with Crippen molar-refractivity contribution in [2.45, 2.75) is 20.3 Å². The van der Waals surface area contributed by atoms with Crippen LogP contribution >= 0.6 is 11.3 Å². The van der Waals surface area contributed by atoms with E-state index in [0.717, 1.165) is 11.3 Å². The first-order chi connectivity index (χ1) is 8.04.